The molecule has 2 unspecified atom stereocenters. The Morgan fingerprint density at radius 1 is 1.26 bits per heavy atom. The fraction of sp³-hybridized carbons (Fsp3) is 0.474. The number of hydrogen-bond donors (Lipinski definition) is 0. The average Bonchev–Trinajstić information content (AvgIpc) is 3.02. The Hall–Kier alpha value is -1.94. The van der Waals surface area contributed by atoms with Gasteiger partial charge in [0.25, 0.3) is 5.91 Å². The van der Waals surface area contributed by atoms with Crippen LogP contribution in [0.1, 0.15) is 40.9 Å². The van der Waals surface area contributed by atoms with Gasteiger partial charge in [-0.15, -0.1) is 0 Å². The van der Waals surface area contributed by atoms with Crippen LogP contribution in [0.4, 0.5) is 0 Å². The van der Waals surface area contributed by atoms with Crippen molar-refractivity contribution in [3.63, 3.8) is 0 Å². The summed E-state index contributed by atoms with van der Waals surface area (Å²) in [5.74, 6) is 0.110. The Balaban J connectivity index is 1.72. The lowest BCUT2D eigenvalue weighted by molar-refractivity contribution is -0.0445. The van der Waals surface area contributed by atoms with E-state index in [2.05, 4.69) is 24.0 Å². The third-order valence-electron chi connectivity index (χ3n) is 5.13. The van der Waals surface area contributed by atoms with E-state index < -0.39 is 0 Å². The maximum Gasteiger partial charge on any atom is 0.256 e. The molecule has 2 fully saturated rings. The molecule has 23 heavy (non-hydrogen) atoms. The number of amides is 1. The van der Waals surface area contributed by atoms with E-state index in [4.69, 9.17) is 4.74 Å². The van der Waals surface area contributed by atoms with Crippen LogP contribution in [0.25, 0.3) is 10.9 Å². The van der Waals surface area contributed by atoms with Crippen molar-refractivity contribution in [2.24, 2.45) is 0 Å². The summed E-state index contributed by atoms with van der Waals surface area (Å²) in [6.07, 6.45) is 3.49. The van der Waals surface area contributed by atoms with Gasteiger partial charge in [-0.25, -0.2) is 0 Å². The smallest absolute Gasteiger partial charge is 0.256 e. The van der Waals surface area contributed by atoms with Crippen LogP contribution in [0.3, 0.4) is 0 Å². The fourth-order valence-corrected chi connectivity index (χ4v) is 3.94. The van der Waals surface area contributed by atoms with Gasteiger partial charge in [-0.05, 0) is 51.3 Å². The molecule has 2 heterocycles. The highest BCUT2D eigenvalue weighted by atomic mass is 16.5. The summed E-state index contributed by atoms with van der Waals surface area (Å²) >= 11 is 0. The first kappa shape index (κ1) is 14.6. The molecule has 2 aromatic rings. The number of carbonyl (C=O) groups excluding carboxylic acids is 1. The monoisotopic (exact) mass is 310 g/mol. The quantitative estimate of drug-likeness (QED) is 0.812. The van der Waals surface area contributed by atoms with Crippen molar-refractivity contribution < 1.29 is 9.53 Å². The molecule has 1 aromatic carbocycles. The van der Waals surface area contributed by atoms with Crippen LogP contribution in [-0.2, 0) is 4.74 Å². The molecule has 4 nitrogen and oxygen atoms in total. The second-order valence-electron chi connectivity index (χ2n) is 6.72. The lowest BCUT2D eigenvalue weighted by atomic mass is 10.0. The van der Waals surface area contributed by atoms with E-state index in [1.807, 2.05) is 24.0 Å². The molecule has 2 aliphatic rings. The third kappa shape index (κ3) is 2.51. The first-order valence-corrected chi connectivity index (χ1v) is 8.44. The van der Waals surface area contributed by atoms with E-state index in [-0.39, 0.29) is 18.1 Å². The topological polar surface area (TPSA) is 42.4 Å². The molecule has 0 radical (unpaired) electrons. The predicted octanol–water partition coefficient (Wildman–Crippen LogP) is 3.25. The summed E-state index contributed by atoms with van der Waals surface area (Å²) < 4.78 is 5.82. The number of ether oxygens (including phenoxy) is 1. The lowest BCUT2D eigenvalue weighted by Crippen LogP contribution is -2.51. The Kier molecular flexibility index (Phi) is 3.57. The van der Waals surface area contributed by atoms with Crippen LogP contribution < -0.4 is 0 Å². The number of benzene rings is 1. The van der Waals surface area contributed by atoms with E-state index in [1.165, 1.54) is 5.56 Å². The van der Waals surface area contributed by atoms with Crippen LogP contribution in [0.15, 0.2) is 24.3 Å². The third-order valence-corrected chi connectivity index (χ3v) is 5.13. The zero-order chi connectivity index (χ0) is 16.0. The highest BCUT2D eigenvalue weighted by molar-refractivity contribution is 5.99. The number of pyridine rings is 1. The van der Waals surface area contributed by atoms with Gasteiger partial charge in [-0.2, -0.15) is 0 Å². The molecule has 1 saturated carbocycles. The zero-order valence-corrected chi connectivity index (χ0v) is 13.7. The van der Waals surface area contributed by atoms with Crippen molar-refractivity contribution in [2.45, 2.75) is 45.3 Å². The van der Waals surface area contributed by atoms with Crippen LogP contribution in [-0.4, -0.2) is 41.1 Å². The highest BCUT2D eigenvalue weighted by Crippen LogP contribution is 2.31. The molecule has 0 bridgehead atoms. The molecular formula is C19H22N2O2. The summed E-state index contributed by atoms with van der Waals surface area (Å²) in [6, 6.07) is 8.42. The maximum atomic E-state index is 13.1. The molecule has 120 valence electrons. The van der Waals surface area contributed by atoms with Gasteiger partial charge in [-0.1, -0.05) is 11.6 Å². The maximum absolute atomic E-state index is 13.1. The molecule has 2 atom stereocenters. The fourth-order valence-electron chi connectivity index (χ4n) is 3.94. The molecular weight excluding hydrogens is 288 g/mol. The van der Waals surface area contributed by atoms with Crippen molar-refractivity contribution >= 4 is 16.8 Å². The van der Waals surface area contributed by atoms with Crippen LogP contribution >= 0.6 is 0 Å². The van der Waals surface area contributed by atoms with Gasteiger partial charge in [0.05, 0.1) is 35.5 Å². The van der Waals surface area contributed by atoms with E-state index in [0.29, 0.717) is 13.2 Å². The van der Waals surface area contributed by atoms with Crippen molar-refractivity contribution in [1.29, 1.82) is 0 Å². The molecule has 4 heteroatoms. The lowest BCUT2D eigenvalue weighted by Gasteiger charge is -2.37. The van der Waals surface area contributed by atoms with Gasteiger partial charge in [0, 0.05) is 11.9 Å². The van der Waals surface area contributed by atoms with E-state index >= 15 is 0 Å². The molecule has 1 aliphatic carbocycles. The minimum atomic E-state index is 0.110. The first-order chi connectivity index (χ1) is 11.1. The zero-order valence-electron chi connectivity index (χ0n) is 13.7. The minimum absolute atomic E-state index is 0.110. The van der Waals surface area contributed by atoms with Crippen molar-refractivity contribution in [3.8, 4) is 0 Å². The van der Waals surface area contributed by atoms with Gasteiger partial charge >= 0.3 is 0 Å². The normalized spacial score (nSPS) is 24.0. The van der Waals surface area contributed by atoms with Crippen molar-refractivity contribution in [1.82, 2.24) is 9.88 Å². The summed E-state index contributed by atoms with van der Waals surface area (Å²) in [6.45, 7) is 5.32. The molecule has 0 N–H and O–H groups in total. The Labute approximate surface area is 136 Å². The van der Waals surface area contributed by atoms with Gasteiger partial charge < -0.3 is 9.64 Å². The Morgan fingerprint density at radius 2 is 2.13 bits per heavy atom. The molecule has 1 aromatic heterocycles. The summed E-state index contributed by atoms with van der Waals surface area (Å²) in [5, 5.41) is 1.04. The van der Waals surface area contributed by atoms with Gasteiger partial charge in [0.1, 0.15) is 0 Å². The number of aromatic nitrogens is 1. The first-order valence-electron chi connectivity index (χ1n) is 8.44. The van der Waals surface area contributed by atoms with Gasteiger partial charge in [0.2, 0.25) is 0 Å². The van der Waals surface area contributed by atoms with Crippen LogP contribution in [0.5, 0.6) is 0 Å². The SMILES string of the molecule is Cc1ccc2nc(C)c(C(=O)N3CCOC4CCCC43)cc2c1. The average molecular weight is 310 g/mol. The molecule has 1 aliphatic heterocycles. The number of carbonyl (C=O) groups is 1. The number of morpholine rings is 1. The van der Waals surface area contributed by atoms with E-state index in [1.54, 1.807) is 0 Å². The number of rotatable bonds is 1. The summed E-state index contributed by atoms with van der Waals surface area (Å²) in [4.78, 5) is 19.8. The standard InChI is InChI=1S/C19H22N2O2/c1-12-6-7-16-14(10-12)11-15(13(2)20-16)19(22)21-8-9-23-18-5-3-4-17(18)21/h6-7,10-11,17-18H,3-5,8-9H2,1-2H3. The number of nitrogens with zero attached hydrogens (tertiary/aromatic N) is 2. The molecule has 1 saturated heterocycles. The molecule has 0 spiro atoms. The number of hydrogen-bond acceptors (Lipinski definition) is 3. The van der Waals surface area contributed by atoms with Crippen LogP contribution in [0.2, 0.25) is 0 Å². The highest BCUT2D eigenvalue weighted by Gasteiger charge is 2.39. The van der Waals surface area contributed by atoms with Crippen molar-refractivity contribution in [2.75, 3.05) is 13.2 Å². The van der Waals surface area contributed by atoms with Gasteiger partial charge in [-0.3, -0.25) is 9.78 Å². The number of fused-ring (bicyclic) bond motifs is 2. The molecule has 4 rings (SSSR count). The second-order valence-corrected chi connectivity index (χ2v) is 6.72. The largest absolute Gasteiger partial charge is 0.374 e. The van der Waals surface area contributed by atoms with Crippen LogP contribution in [0, 0.1) is 13.8 Å². The summed E-state index contributed by atoms with van der Waals surface area (Å²) in [5.41, 5.74) is 3.68. The molecule has 1 amide bonds. The van der Waals surface area contributed by atoms with Crippen molar-refractivity contribution in [3.05, 3.63) is 41.1 Å². The van der Waals surface area contributed by atoms with Gasteiger partial charge in [0.15, 0.2) is 0 Å². The Morgan fingerprint density at radius 3 is 3.00 bits per heavy atom. The summed E-state index contributed by atoms with van der Waals surface area (Å²) in [7, 11) is 0. The Bertz CT molecular complexity index is 771. The number of aryl methyl sites for hydroxylation is 2. The van der Waals surface area contributed by atoms with E-state index in [0.717, 1.165) is 41.4 Å². The van der Waals surface area contributed by atoms with E-state index in [9.17, 15) is 4.79 Å². The minimum Gasteiger partial charge on any atom is -0.374 e. The second kappa shape index (κ2) is 5.60. The predicted molar refractivity (Wildman–Crippen MR) is 89.6 cm³/mol.